The molecule has 0 bridgehead atoms. The van der Waals surface area contributed by atoms with E-state index < -0.39 is 10.0 Å². The van der Waals surface area contributed by atoms with Crippen LogP contribution in [-0.2, 0) is 21.2 Å². The van der Waals surface area contributed by atoms with Gasteiger partial charge in [-0.1, -0.05) is 30.7 Å². The van der Waals surface area contributed by atoms with Crippen molar-refractivity contribution in [3.8, 4) is 0 Å². The molecule has 3 aromatic rings. The fourth-order valence-electron chi connectivity index (χ4n) is 3.63. The third kappa shape index (κ3) is 4.33. The van der Waals surface area contributed by atoms with E-state index in [9.17, 15) is 13.2 Å². The first-order chi connectivity index (χ1) is 14.0. The molecule has 0 unspecified atom stereocenters. The Bertz CT molecular complexity index is 1100. The minimum absolute atomic E-state index is 0.0999. The van der Waals surface area contributed by atoms with Gasteiger partial charge in [-0.15, -0.1) is 0 Å². The molecule has 8 heteroatoms. The van der Waals surface area contributed by atoms with E-state index in [1.54, 1.807) is 34.8 Å². The van der Waals surface area contributed by atoms with E-state index in [4.69, 9.17) is 0 Å². The highest BCUT2D eigenvalue weighted by atomic mass is 32.2. The molecule has 0 radical (unpaired) electrons. The summed E-state index contributed by atoms with van der Waals surface area (Å²) in [4.78, 5) is 12.7. The van der Waals surface area contributed by atoms with Crippen molar-refractivity contribution in [2.45, 2.75) is 37.0 Å². The van der Waals surface area contributed by atoms with Crippen LogP contribution in [0.4, 0.5) is 5.69 Å². The van der Waals surface area contributed by atoms with Gasteiger partial charge in [0.1, 0.15) is 0 Å². The van der Waals surface area contributed by atoms with Gasteiger partial charge in [-0.2, -0.15) is 9.40 Å². The molecular formula is C21H24N4O3S. The maximum atomic E-state index is 12.7. The Balaban J connectivity index is 1.36. The molecule has 2 N–H and O–H groups in total. The average Bonchev–Trinajstić information content (AvgIpc) is 3.23. The molecule has 1 aromatic heterocycles. The van der Waals surface area contributed by atoms with Crippen molar-refractivity contribution in [3.63, 3.8) is 0 Å². The molecule has 1 saturated heterocycles. The lowest BCUT2D eigenvalue weighted by Gasteiger charge is -2.25. The second-order valence-corrected chi connectivity index (χ2v) is 9.23. The topological polar surface area (TPSA) is 95.2 Å². The summed E-state index contributed by atoms with van der Waals surface area (Å²) in [6.45, 7) is 1.18. The van der Waals surface area contributed by atoms with Crippen LogP contribution in [0, 0.1) is 0 Å². The fraction of sp³-hybridized carbons (Fsp3) is 0.333. The molecule has 29 heavy (non-hydrogen) atoms. The fourth-order valence-corrected chi connectivity index (χ4v) is 5.14. The van der Waals surface area contributed by atoms with Crippen LogP contribution in [0.3, 0.4) is 0 Å². The molecule has 0 saturated carbocycles. The second kappa shape index (κ2) is 8.34. The largest absolute Gasteiger partial charge is 0.324 e. The van der Waals surface area contributed by atoms with Crippen molar-refractivity contribution in [2.75, 3.05) is 18.4 Å². The number of nitrogens with zero attached hydrogens (tertiary/aromatic N) is 2. The Hall–Kier alpha value is -2.71. The third-order valence-electron chi connectivity index (χ3n) is 5.27. The maximum Gasteiger partial charge on any atom is 0.243 e. The molecule has 1 fully saturated rings. The van der Waals surface area contributed by atoms with Gasteiger partial charge in [-0.3, -0.25) is 9.89 Å². The summed E-state index contributed by atoms with van der Waals surface area (Å²) < 4.78 is 27.0. The number of para-hydroxylation sites is 1. The third-order valence-corrected chi connectivity index (χ3v) is 7.18. The average molecular weight is 413 g/mol. The Morgan fingerprint density at radius 3 is 2.59 bits per heavy atom. The highest BCUT2D eigenvalue weighted by molar-refractivity contribution is 7.89. The Morgan fingerprint density at radius 2 is 1.83 bits per heavy atom. The van der Waals surface area contributed by atoms with Gasteiger partial charge >= 0.3 is 0 Å². The molecule has 0 atom stereocenters. The van der Waals surface area contributed by atoms with E-state index in [2.05, 4.69) is 15.5 Å². The summed E-state index contributed by atoms with van der Waals surface area (Å²) in [5.41, 5.74) is 2.43. The van der Waals surface area contributed by atoms with Crippen LogP contribution in [-0.4, -0.2) is 41.9 Å². The van der Waals surface area contributed by atoms with Crippen LogP contribution in [0.15, 0.2) is 53.6 Å². The number of amides is 1. The first-order valence-electron chi connectivity index (χ1n) is 9.85. The molecule has 1 amide bonds. The van der Waals surface area contributed by atoms with Crippen molar-refractivity contribution in [1.82, 2.24) is 14.5 Å². The number of sulfonamides is 1. The summed E-state index contributed by atoms with van der Waals surface area (Å²) in [5.74, 6) is -0.0999. The zero-order valence-electron chi connectivity index (χ0n) is 16.1. The second-order valence-electron chi connectivity index (χ2n) is 7.30. The molecule has 2 aromatic carbocycles. The number of carbonyl (C=O) groups is 1. The van der Waals surface area contributed by atoms with Crippen LogP contribution in [0.1, 0.15) is 31.2 Å². The maximum absolute atomic E-state index is 12.7. The molecule has 152 valence electrons. The Morgan fingerprint density at radius 1 is 1.07 bits per heavy atom. The number of nitrogens with one attached hydrogen (secondary N) is 2. The van der Waals surface area contributed by atoms with E-state index in [1.807, 2.05) is 18.2 Å². The molecule has 0 aliphatic carbocycles. The van der Waals surface area contributed by atoms with Crippen molar-refractivity contribution in [3.05, 3.63) is 54.2 Å². The number of fused-ring (bicyclic) bond motifs is 1. The number of benzene rings is 2. The monoisotopic (exact) mass is 412 g/mol. The number of hydrogen-bond acceptors (Lipinski definition) is 4. The van der Waals surface area contributed by atoms with E-state index >= 15 is 0 Å². The number of aromatic nitrogens is 2. The normalized spacial score (nSPS) is 15.4. The first kappa shape index (κ1) is 19.6. The van der Waals surface area contributed by atoms with Gasteiger partial charge < -0.3 is 5.32 Å². The van der Waals surface area contributed by atoms with Crippen LogP contribution in [0.5, 0.6) is 0 Å². The Labute approximate surface area is 170 Å². The van der Waals surface area contributed by atoms with Crippen molar-refractivity contribution in [1.29, 1.82) is 0 Å². The lowest BCUT2D eigenvalue weighted by molar-refractivity contribution is -0.116. The van der Waals surface area contributed by atoms with Gasteiger partial charge in [0, 0.05) is 24.9 Å². The smallest absolute Gasteiger partial charge is 0.243 e. The number of anilines is 1. The van der Waals surface area contributed by atoms with Crippen molar-refractivity contribution < 1.29 is 13.2 Å². The molecule has 1 aliphatic heterocycles. The minimum Gasteiger partial charge on any atom is -0.324 e. The predicted octanol–water partition coefficient (Wildman–Crippen LogP) is 3.31. The van der Waals surface area contributed by atoms with Gasteiger partial charge in [0.2, 0.25) is 15.9 Å². The van der Waals surface area contributed by atoms with Gasteiger partial charge in [0.25, 0.3) is 0 Å². The van der Waals surface area contributed by atoms with E-state index in [0.717, 1.165) is 35.7 Å². The summed E-state index contributed by atoms with van der Waals surface area (Å²) in [6, 6.07) is 12.5. The van der Waals surface area contributed by atoms with Crippen LogP contribution in [0.25, 0.3) is 10.9 Å². The van der Waals surface area contributed by atoms with Crippen molar-refractivity contribution >= 4 is 32.5 Å². The van der Waals surface area contributed by atoms with Crippen LogP contribution >= 0.6 is 0 Å². The van der Waals surface area contributed by atoms with Crippen LogP contribution in [0.2, 0.25) is 0 Å². The summed E-state index contributed by atoms with van der Waals surface area (Å²) in [5, 5.41) is 10.7. The standard InChI is InChI=1S/C21H24N4O3S/c26-20(23-19-6-4-5-17-15-22-24-21(17)19)12-9-16-7-10-18(11-8-16)29(27,28)25-13-2-1-3-14-25/h4-8,10-11,15H,1-3,9,12-14H2,(H,22,24)(H,23,26). The van der Waals surface area contributed by atoms with Gasteiger partial charge in [0.05, 0.1) is 22.3 Å². The SMILES string of the molecule is O=C(CCc1ccc(S(=O)(=O)N2CCCCC2)cc1)Nc1cccc2cn[nH]c12. The number of aryl methyl sites for hydroxylation is 1. The van der Waals surface area contributed by atoms with E-state index in [1.165, 1.54) is 0 Å². The van der Waals surface area contributed by atoms with Gasteiger partial charge in [-0.05, 0) is 43.0 Å². The molecule has 4 rings (SSSR count). The summed E-state index contributed by atoms with van der Waals surface area (Å²) in [6.07, 6.45) is 5.47. The van der Waals surface area contributed by atoms with Gasteiger partial charge in [0.15, 0.2) is 0 Å². The van der Waals surface area contributed by atoms with Crippen LogP contribution < -0.4 is 5.32 Å². The minimum atomic E-state index is -3.42. The highest BCUT2D eigenvalue weighted by Gasteiger charge is 2.25. The number of piperidine rings is 1. The number of carbonyl (C=O) groups excluding carboxylic acids is 1. The lowest BCUT2D eigenvalue weighted by Crippen LogP contribution is -2.35. The van der Waals surface area contributed by atoms with E-state index in [0.29, 0.717) is 36.5 Å². The number of rotatable bonds is 6. The van der Waals surface area contributed by atoms with E-state index in [-0.39, 0.29) is 5.91 Å². The number of H-pyrrole nitrogens is 1. The molecule has 2 heterocycles. The predicted molar refractivity (Wildman–Crippen MR) is 112 cm³/mol. The first-order valence-corrected chi connectivity index (χ1v) is 11.3. The summed E-state index contributed by atoms with van der Waals surface area (Å²) >= 11 is 0. The van der Waals surface area contributed by atoms with Crippen molar-refractivity contribution in [2.24, 2.45) is 0 Å². The molecule has 1 aliphatic rings. The zero-order valence-corrected chi connectivity index (χ0v) is 16.9. The molecule has 7 nitrogen and oxygen atoms in total. The lowest BCUT2D eigenvalue weighted by atomic mass is 10.1. The van der Waals surface area contributed by atoms with Gasteiger partial charge in [-0.25, -0.2) is 8.42 Å². The Kier molecular flexibility index (Phi) is 5.64. The number of aromatic amines is 1. The summed E-state index contributed by atoms with van der Waals surface area (Å²) in [7, 11) is -3.42. The number of hydrogen-bond donors (Lipinski definition) is 2. The highest BCUT2D eigenvalue weighted by Crippen LogP contribution is 2.22. The zero-order chi connectivity index (χ0) is 20.3. The molecule has 0 spiro atoms. The molecular weight excluding hydrogens is 388 g/mol. The quantitative estimate of drug-likeness (QED) is 0.649.